The highest BCUT2D eigenvalue weighted by atomic mass is 16.5. The fourth-order valence-corrected chi connectivity index (χ4v) is 3.46. The van der Waals surface area contributed by atoms with Gasteiger partial charge < -0.3 is 16.2 Å². The maximum atomic E-state index is 6.13. The van der Waals surface area contributed by atoms with Crippen molar-refractivity contribution in [3.05, 3.63) is 84.9 Å². The minimum atomic E-state index is 0.413. The van der Waals surface area contributed by atoms with Gasteiger partial charge in [-0.15, -0.1) is 0 Å². The first kappa shape index (κ1) is 17.8. The first-order valence-corrected chi connectivity index (χ1v) is 9.51. The Morgan fingerprint density at radius 3 is 2.27 bits per heavy atom. The number of H-pyrrole nitrogens is 1. The van der Waals surface area contributed by atoms with Crippen LogP contribution in [0.3, 0.4) is 0 Å². The maximum absolute atomic E-state index is 6.13. The molecule has 0 radical (unpaired) electrons. The molecule has 30 heavy (non-hydrogen) atoms. The first-order valence-electron chi connectivity index (χ1n) is 9.51. The molecule has 0 spiro atoms. The zero-order valence-electron chi connectivity index (χ0n) is 16.0. The number of pyridine rings is 1. The monoisotopic (exact) mass is 393 g/mol. The smallest absolute Gasteiger partial charge is 0.158 e. The van der Waals surface area contributed by atoms with Crippen molar-refractivity contribution < 1.29 is 4.74 Å². The Hall–Kier alpha value is -4.32. The summed E-state index contributed by atoms with van der Waals surface area (Å²) in [5.41, 5.74) is 17.0. The summed E-state index contributed by atoms with van der Waals surface area (Å²) in [6.07, 6.45) is 0. The molecule has 5 rings (SSSR count). The Morgan fingerprint density at radius 2 is 1.50 bits per heavy atom. The van der Waals surface area contributed by atoms with Crippen LogP contribution in [0.2, 0.25) is 0 Å². The van der Waals surface area contributed by atoms with E-state index in [1.165, 1.54) is 0 Å². The molecule has 6 nitrogen and oxygen atoms in total. The van der Waals surface area contributed by atoms with Crippen molar-refractivity contribution in [2.24, 2.45) is 0 Å². The third-order valence-corrected chi connectivity index (χ3v) is 4.88. The fourth-order valence-electron chi connectivity index (χ4n) is 3.46. The SMILES string of the molecule is Nc1cccc(-c2cc(-c3ccc(Oc4ccccc4)cc3)c3c(N)n[nH]c3n2)c1. The van der Waals surface area contributed by atoms with Crippen LogP contribution in [0.25, 0.3) is 33.4 Å². The van der Waals surface area contributed by atoms with Crippen LogP contribution in [0.1, 0.15) is 0 Å². The number of fused-ring (bicyclic) bond motifs is 1. The van der Waals surface area contributed by atoms with Gasteiger partial charge in [-0.05, 0) is 53.6 Å². The average Bonchev–Trinajstić information content (AvgIpc) is 3.15. The second-order valence-corrected chi connectivity index (χ2v) is 6.95. The van der Waals surface area contributed by atoms with Crippen LogP contribution in [-0.2, 0) is 0 Å². The zero-order chi connectivity index (χ0) is 20.5. The van der Waals surface area contributed by atoms with Crippen LogP contribution in [0, 0.1) is 0 Å². The molecule has 0 saturated carbocycles. The van der Waals surface area contributed by atoms with Gasteiger partial charge in [-0.2, -0.15) is 5.10 Å². The minimum Gasteiger partial charge on any atom is -0.457 e. The van der Waals surface area contributed by atoms with E-state index in [0.29, 0.717) is 17.2 Å². The van der Waals surface area contributed by atoms with Gasteiger partial charge >= 0.3 is 0 Å². The summed E-state index contributed by atoms with van der Waals surface area (Å²) < 4.78 is 5.90. The van der Waals surface area contributed by atoms with Crippen molar-refractivity contribution in [2.75, 3.05) is 11.5 Å². The van der Waals surface area contributed by atoms with Crippen molar-refractivity contribution in [2.45, 2.75) is 0 Å². The average molecular weight is 393 g/mol. The number of rotatable bonds is 4. The fraction of sp³-hybridized carbons (Fsp3) is 0. The van der Waals surface area contributed by atoms with E-state index < -0.39 is 0 Å². The normalized spacial score (nSPS) is 10.9. The van der Waals surface area contributed by atoms with Gasteiger partial charge in [-0.3, -0.25) is 5.10 Å². The molecular formula is C24H19N5O. The van der Waals surface area contributed by atoms with Crippen LogP contribution in [0.15, 0.2) is 84.9 Å². The van der Waals surface area contributed by atoms with E-state index >= 15 is 0 Å². The molecule has 0 bridgehead atoms. The Balaban J connectivity index is 1.58. The summed E-state index contributed by atoms with van der Waals surface area (Å²) in [5, 5.41) is 7.86. The molecule has 0 fully saturated rings. The Bertz CT molecular complexity index is 1330. The number of aromatic nitrogens is 3. The van der Waals surface area contributed by atoms with Gasteiger partial charge in [-0.25, -0.2) is 4.98 Å². The standard InChI is InChI=1S/C24H19N5O/c25-17-6-4-5-16(13-17)21-14-20(22-23(26)28-29-24(22)27-21)15-9-11-19(12-10-15)30-18-7-2-1-3-8-18/h1-14H,25H2,(H3,26,27,28,29). The van der Waals surface area contributed by atoms with E-state index in [1.54, 1.807) is 0 Å². The maximum Gasteiger partial charge on any atom is 0.158 e. The van der Waals surface area contributed by atoms with Crippen LogP contribution in [0.4, 0.5) is 11.5 Å². The summed E-state index contributed by atoms with van der Waals surface area (Å²) in [4.78, 5) is 4.69. The van der Waals surface area contributed by atoms with Gasteiger partial charge in [0.1, 0.15) is 11.5 Å². The van der Waals surface area contributed by atoms with Crippen molar-refractivity contribution in [1.29, 1.82) is 0 Å². The number of nitrogens with zero attached hydrogens (tertiary/aromatic N) is 2. The van der Waals surface area contributed by atoms with Crippen LogP contribution < -0.4 is 16.2 Å². The van der Waals surface area contributed by atoms with E-state index in [0.717, 1.165) is 39.3 Å². The Morgan fingerprint density at radius 1 is 0.733 bits per heavy atom. The number of nitrogens with one attached hydrogen (secondary N) is 1. The summed E-state index contributed by atoms with van der Waals surface area (Å²) in [6.45, 7) is 0. The number of hydrogen-bond acceptors (Lipinski definition) is 5. The molecule has 0 aliphatic carbocycles. The molecule has 2 aromatic heterocycles. The zero-order valence-corrected chi connectivity index (χ0v) is 16.0. The molecule has 3 aromatic carbocycles. The van der Waals surface area contributed by atoms with Gasteiger partial charge in [0, 0.05) is 11.3 Å². The van der Waals surface area contributed by atoms with E-state index in [4.69, 9.17) is 16.2 Å². The third-order valence-electron chi connectivity index (χ3n) is 4.88. The highest BCUT2D eigenvalue weighted by Crippen LogP contribution is 2.35. The molecule has 2 heterocycles. The van der Waals surface area contributed by atoms with E-state index in [2.05, 4.69) is 15.2 Å². The molecule has 0 aliphatic rings. The molecule has 5 N–H and O–H groups in total. The molecule has 0 atom stereocenters. The lowest BCUT2D eigenvalue weighted by atomic mass is 10.00. The molecule has 146 valence electrons. The highest BCUT2D eigenvalue weighted by Gasteiger charge is 2.15. The molecule has 0 saturated heterocycles. The van der Waals surface area contributed by atoms with Gasteiger partial charge in [0.15, 0.2) is 11.5 Å². The summed E-state index contributed by atoms with van der Waals surface area (Å²) in [6, 6.07) is 27.2. The van der Waals surface area contributed by atoms with Crippen LogP contribution in [0.5, 0.6) is 11.5 Å². The number of nitrogen functional groups attached to an aromatic ring is 2. The lowest BCUT2D eigenvalue weighted by Gasteiger charge is -2.10. The number of para-hydroxylation sites is 1. The van der Waals surface area contributed by atoms with E-state index in [1.807, 2.05) is 84.9 Å². The Kier molecular flexibility index (Phi) is 4.29. The molecular weight excluding hydrogens is 374 g/mol. The van der Waals surface area contributed by atoms with Gasteiger partial charge in [0.05, 0.1) is 11.1 Å². The predicted molar refractivity (Wildman–Crippen MR) is 120 cm³/mol. The number of aromatic amines is 1. The minimum absolute atomic E-state index is 0.413. The second kappa shape index (κ2) is 7.25. The number of benzene rings is 3. The molecule has 5 aromatic rings. The van der Waals surface area contributed by atoms with E-state index in [-0.39, 0.29) is 0 Å². The molecule has 6 heteroatoms. The summed E-state index contributed by atoms with van der Waals surface area (Å²) >= 11 is 0. The number of ether oxygens (including phenoxy) is 1. The second-order valence-electron chi connectivity index (χ2n) is 6.95. The lowest BCUT2D eigenvalue weighted by Crippen LogP contribution is -1.92. The first-order chi connectivity index (χ1) is 14.7. The van der Waals surface area contributed by atoms with Crippen molar-refractivity contribution in [3.63, 3.8) is 0 Å². The number of nitrogens with two attached hydrogens (primary N) is 2. The summed E-state index contributed by atoms with van der Waals surface area (Å²) in [7, 11) is 0. The van der Waals surface area contributed by atoms with Crippen LogP contribution in [-0.4, -0.2) is 15.2 Å². The lowest BCUT2D eigenvalue weighted by molar-refractivity contribution is 0.483. The largest absolute Gasteiger partial charge is 0.457 e. The molecule has 0 aliphatic heterocycles. The van der Waals surface area contributed by atoms with Gasteiger partial charge in [0.2, 0.25) is 0 Å². The topological polar surface area (TPSA) is 103 Å². The van der Waals surface area contributed by atoms with Crippen LogP contribution >= 0.6 is 0 Å². The number of hydrogen-bond donors (Lipinski definition) is 3. The van der Waals surface area contributed by atoms with Crippen molar-refractivity contribution in [3.8, 4) is 33.9 Å². The van der Waals surface area contributed by atoms with E-state index in [9.17, 15) is 0 Å². The van der Waals surface area contributed by atoms with Crippen molar-refractivity contribution >= 4 is 22.5 Å². The molecule has 0 unspecified atom stereocenters. The Labute approximate surface area is 173 Å². The summed E-state index contributed by atoms with van der Waals surface area (Å²) in [5.74, 6) is 1.96. The quantitative estimate of drug-likeness (QED) is 0.362. The highest BCUT2D eigenvalue weighted by molar-refractivity contribution is 6.01. The van der Waals surface area contributed by atoms with Gasteiger partial charge in [0.25, 0.3) is 0 Å². The molecule has 0 amide bonds. The van der Waals surface area contributed by atoms with Crippen molar-refractivity contribution in [1.82, 2.24) is 15.2 Å². The third kappa shape index (κ3) is 3.31. The van der Waals surface area contributed by atoms with Gasteiger partial charge in [-0.1, -0.05) is 42.5 Å². The number of anilines is 2. The predicted octanol–water partition coefficient (Wildman–Crippen LogP) is 5.25.